The molecule has 1 atom stereocenters. The molecule has 1 aliphatic carbocycles. The Morgan fingerprint density at radius 1 is 1.40 bits per heavy atom. The van der Waals surface area contributed by atoms with E-state index in [-0.39, 0.29) is 16.4 Å². The molecule has 0 aliphatic heterocycles. The highest BCUT2D eigenvalue weighted by atomic mass is 35.5. The highest BCUT2D eigenvalue weighted by molar-refractivity contribution is 6.32. The second kappa shape index (κ2) is 3.94. The SMILES string of the molecule is O=C(O)C1CCc2nc(Cl)nc(Cl)c2C1. The molecule has 0 saturated heterocycles. The van der Waals surface area contributed by atoms with Crippen molar-refractivity contribution in [3.8, 4) is 0 Å². The highest BCUT2D eigenvalue weighted by Crippen LogP contribution is 2.29. The quantitative estimate of drug-likeness (QED) is 0.608. The van der Waals surface area contributed by atoms with Crippen molar-refractivity contribution in [2.75, 3.05) is 0 Å². The molecule has 1 unspecified atom stereocenters. The minimum atomic E-state index is -0.799. The number of aryl methyl sites for hydroxylation is 1. The number of aliphatic carboxylic acids is 1. The molecule has 0 saturated carbocycles. The summed E-state index contributed by atoms with van der Waals surface area (Å²) < 4.78 is 0. The summed E-state index contributed by atoms with van der Waals surface area (Å²) in [4.78, 5) is 18.7. The second-order valence-corrected chi connectivity index (χ2v) is 4.18. The van der Waals surface area contributed by atoms with E-state index in [1.165, 1.54) is 0 Å². The van der Waals surface area contributed by atoms with Crippen LogP contribution in [-0.4, -0.2) is 21.0 Å². The van der Waals surface area contributed by atoms with Gasteiger partial charge in [-0.05, 0) is 30.9 Å². The molecule has 0 spiro atoms. The molecule has 15 heavy (non-hydrogen) atoms. The van der Waals surface area contributed by atoms with Crippen LogP contribution in [-0.2, 0) is 17.6 Å². The van der Waals surface area contributed by atoms with Crippen molar-refractivity contribution < 1.29 is 9.90 Å². The highest BCUT2D eigenvalue weighted by Gasteiger charge is 2.27. The number of carboxylic acids is 1. The molecule has 2 rings (SSSR count). The Bertz CT molecular complexity index is 423. The predicted molar refractivity (Wildman–Crippen MR) is 55.2 cm³/mol. The van der Waals surface area contributed by atoms with Gasteiger partial charge in [0.2, 0.25) is 5.28 Å². The Labute approximate surface area is 96.3 Å². The lowest BCUT2D eigenvalue weighted by atomic mass is 9.87. The smallest absolute Gasteiger partial charge is 0.306 e. The number of nitrogens with zero attached hydrogens (tertiary/aromatic N) is 2. The Morgan fingerprint density at radius 3 is 2.80 bits per heavy atom. The maximum Gasteiger partial charge on any atom is 0.306 e. The largest absolute Gasteiger partial charge is 0.481 e. The van der Waals surface area contributed by atoms with E-state index in [0.29, 0.717) is 19.3 Å². The molecule has 1 aromatic heterocycles. The predicted octanol–water partition coefficient (Wildman–Crippen LogP) is 1.97. The van der Waals surface area contributed by atoms with E-state index < -0.39 is 5.97 Å². The molecule has 0 amide bonds. The minimum Gasteiger partial charge on any atom is -0.481 e. The van der Waals surface area contributed by atoms with Crippen molar-refractivity contribution in [2.24, 2.45) is 5.92 Å². The molecule has 1 heterocycles. The van der Waals surface area contributed by atoms with Gasteiger partial charge in [-0.3, -0.25) is 4.79 Å². The molecule has 1 aliphatic rings. The van der Waals surface area contributed by atoms with Gasteiger partial charge < -0.3 is 5.11 Å². The maximum atomic E-state index is 10.8. The first kappa shape index (κ1) is 10.6. The number of carbonyl (C=O) groups is 1. The van der Waals surface area contributed by atoms with Crippen LogP contribution in [0.15, 0.2) is 0 Å². The van der Waals surface area contributed by atoms with Crippen molar-refractivity contribution in [3.05, 3.63) is 21.7 Å². The molecule has 1 aromatic rings. The van der Waals surface area contributed by atoms with Gasteiger partial charge in [-0.2, -0.15) is 0 Å². The summed E-state index contributed by atoms with van der Waals surface area (Å²) >= 11 is 11.5. The fourth-order valence-electron chi connectivity index (χ4n) is 1.75. The number of aromatic nitrogens is 2. The van der Waals surface area contributed by atoms with Gasteiger partial charge in [-0.15, -0.1) is 0 Å². The first-order chi connectivity index (χ1) is 7.08. The minimum absolute atomic E-state index is 0.118. The van der Waals surface area contributed by atoms with Crippen molar-refractivity contribution in [1.82, 2.24) is 9.97 Å². The fourth-order valence-corrected chi connectivity index (χ4v) is 2.25. The lowest BCUT2D eigenvalue weighted by Crippen LogP contribution is -2.23. The zero-order chi connectivity index (χ0) is 11.0. The van der Waals surface area contributed by atoms with E-state index in [9.17, 15) is 4.79 Å². The Morgan fingerprint density at radius 2 is 2.13 bits per heavy atom. The van der Waals surface area contributed by atoms with E-state index in [4.69, 9.17) is 28.3 Å². The number of rotatable bonds is 1. The molecular weight excluding hydrogens is 239 g/mol. The summed E-state index contributed by atoms with van der Waals surface area (Å²) in [6.45, 7) is 0. The molecule has 1 N–H and O–H groups in total. The van der Waals surface area contributed by atoms with Gasteiger partial charge >= 0.3 is 5.97 Å². The van der Waals surface area contributed by atoms with Crippen molar-refractivity contribution >= 4 is 29.2 Å². The number of hydrogen-bond acceptors (Lipinski definition) is 3. The average Bonchev–Trinajstić information content (AvgIpc) is 2.16. The molecule has 80 valence electrons. The first-order valence-electron chi connectivity index (χ1n) is 4.51. The van der Waals surface area contributed by atoms with E-state index in [2.05, 4.69) is 9.97 Å². The monoisotopic (exact) mass is 246 g/mol. The van der Waals surface area contributed by atoms with E-state index in [1.54, 1.807) is 0 Å². The number of carboxylic acid groups (broad SMARTS) is 1. The summed E-state index contributed by atoms with van der Waals surface area (Å²) in [5, 5.41) is 9.29. The summed E-state index contributed by atoms with van der Waals surface area (Å²) in [6.07, 6.45) is 1.56. The van der Waals surface area contributed by atoms with Gasteiger partial charge in [0.15, 0.2) is 0 Å². The van der Waals surface area contributed by atoms with Gasteiger partial charge in [0.1, 0.15) is 5.15 Å². The summed E-state index contributed by atoms with van der Waals surface area (Å²) in [6, 6.07) is 0. The maximum absolute atomic E-state index is 10.8. The van der Waals surface area contributed by atoms with Crippen molar-refractivity contribution in [3.63, 3.8) is 0 Å². The van der Waals surface area contributed by atoms with Gasteiger partial charge in [0, 0.05) is 5.56 Å². The Hall–Kier alpha value is -0.870. The van der Waals surface area contributed by atoms with Gasteiger partial charge in [-0.1, -0.05) is 11.6 Å². The van der Waals surface area contributed by atoms with E-state index >= 15 is 0 Å². The molecule has 4 nitrogen and oxygen atoms in total. The number of hydrogen-bond donors (Lipinski definition) is 1. The lowest BCUT2D eigenvalue weighted by Gasteiger charge is -2.20. The van der Waals surface area contributed by atoms with Crippen LogP contribution in [0, 0.1) is 5.92 Å². The molecule has 0 fully saturated rings. The fraction of sp³-hybridized carbons (Fsp3) is 0.444. The number of fused-ring (bicyclic) bond motifs is 1. The van der Waals surface area contributed by atoms with Gasteiger partial charge in [0.25, 0.3) is 0 Å². The van der Waals surface area contributed by atoms with Crippen LogP contribution in [0.3, 0.4) is 0 Å². The molecule has 0 radical (unpaired) electrons. The van der Waals surface area contributed by atoms with Crippen LogP contribution >= 0.6 is 23.2 Å². The number of halogens is 2. The van der Waals surface area contributed by atoms with E-state index in [0.717, 1.165) is 11.3 Å². The second-order valence-electron chi connectivity index (χ2n) is 3.49. The van der Waals surface area contributed by atoms with Crippen molar-refractivity contribution in [1.29, 1.82) is 0 Å². The Balaban J connectivity index is 2.37. The summed E-state index contributed by atoms with van der Waals surface area (Å²) in [5.74, 6) is -1.19. The third kappa shape index (κ3) is 2.06. The van der Waals surface area contributed by atoms with Gasteiger partial charge in [0.05, 0.1) is 11.6 Å². The molecule has 6 heteroatoms. The lowest BCUT2D eigenvalue weighted by molar-refractivity contribution is -0.142. The normalized spacial score (nSPS) is 19.7. The van der Waals surface area contributed by atoms with Crippen LogP contribution < -0.4 is 0 Å². The van der Waals surface area contributed by atoms with Crippen LogP contribution in [0.25, 0.3) is 0 Å². The summed E-state index contributed by atoms with van der Waals surface area (Å²) in [5.41, 5.74) is 1.50. The van der Waals surface area contributed by atoms with E-state index in [1.807, 2.05) is 0 Å². The molecule has 0 aromatic carbocycles. The topological polar surface area (TPSA) is 63.1 Å². The van der Waals surface area contributed by atoms with Crippen LogP contribution in [0.5, 0.6) is 0 Å². The first-order valence-corrected chi connectivity index (χ1v) is 5.27. The molecular formula is C9H8Cl2N2O2. The zero-order valence-corrected chi connectivity index (χ0v) is 9.22. The average molecular weight is 247 g/mol. The van der Waals surface area contributed by atoms with Crippen LogP contribution in [0.4, 0.5) is 0 Å². The van der Waals surface area contributed by atoms with Crippen LogP contribution in [0.1, 0.15) is 17.7 Å². The molecule has 0 bridgehead atoms. The summed E-state index contributed by atoms with van der Waals surface area (Å²) in [7, 11) is 0. The van der Waals surface area contributed by atoms with Gasteiger partial charge in [-0.25, -0.2) is 9.97 Å². The van der Waals surface area contributed by atoms with Crippen LogP contribution in [0.2, 0.25) is 10.4 Å². The standard InChI is InChI=1S/C9H8Cl2N2O2/c10-7-5-3-4(8(14)15)1-2-6(5)12-9(11)13-7/h4H,1-3H2,(H,14,15). The Kier molecular flexibility index (Phi) is 2.80. The third-order valence-electron chi connectivity index (χ3n) is 2.54. The zero-order valence-electron chi connectivity index (χ0n) is 7.70. The van der Waals surface area contributed by atoms with Crippen molar-refractivity contribution in [2.45, 2.75) is 19.3 Å². The third-order valence-corrected chi connectivity index (χ3v) is 3.03.